The minimum Gasteiger partial charge on any atom is -0.309 e. The van der Waals surface area contributed by atoms with E-state index in [0.717, 1.165) is 60.1 Å². The first kappa shape index (κ1) is 29.1. The fourth-order valence-corrected chi connectivity index (χ4v) is 9.99. The molecule has 0 amide bonds. The van der Waals surface area contributed by atoms with Gasteiger partial charge in [0.1, 0.15) is 5.82 Å². The first-order valence-corrected chi connectivity index (χ1v) is 17.8. The summed E-state index contributed by atoms with van der Waals surface area (Å²) in [4.78, 5) is 14.7. The van der Waals surface area contributed by atoms with E-state index in [2.05, 4.69) is 48.5 Å². The van der Waals surface area contributed by atoms with Crippen LogP contribution in [-0.2, 0) is 4.57 Å². The topological polar surface area (TPSA) is 55.7 Å². The van der Waals surface area contributed by atoms with Gasteiger partial charge in [0.2, 0.25) is 0 Å². The van der Waals surface area contributed by atoms with Gasteiger partial charge < -0.3 is 4.57 Å². The van der Waals surface area contributed by atoms with Gasteiger partial charge in [0.25, 0.3) is 0 Å². The zero-order chi connectivity index (χ0) is 33.0. The van der Waals surface area contributed by atoms with Crippen LogP contribution >= 0.6 is 7.14 Å². The quantitative estimate of drug-likeness (QED) is 0.174. The lowest BCUT2D eigenvalue weighted by molar-refractivity contribution is 0.593. The Morgan fingerprint density at radius 1 is 0.408 bits per heavy atom. The van der Waals surface area contributed by atoms with Gasteiger partial charge in [-0.3, -0.25) is 0 Å². The Hall–Kier alpha value is -6.03. The summed E-state index contributed by atoms with van der Waals surface area (Å²) >= 11 is 0. The normalized spacial score (nSPS) is 14.8. The average molecular weight is 652 g/mol. The van der Waals surface area contributed by atoms with Gasteiger partial charge in [0.05, 0.1) is 0 Å². The minimum atomic E-state index is -3.09. The lowest BCUT2D eigenvalue weighted by Gasteiger charge is -2.17. The van der Waals surface area contributed by atoms with Gasteiger partial charge in [-0.2, -0.15) is 0 Å². The van der Waals surface area contributed by atoms with E-state index in [0.29, 0.717) is 23.0 Å². The van der Waals surface area contributed by atoms with Crippen molar-refractivity contribution < 1.29 is 8.96 Å². The number of benzene rings is 7. The Kier molecular flexibility index (Phi) is 6.89. The Morgan fingerprint density at radius 3 is 1.65 bits per heavy atom. The molecule has 0 bridgehead atoms. The summed E-state index contributed by atoms with van der Waals surface area (Å²) in [6.07, 6.45) is 0. The van der Waals surface area contributed by atoms with Crippen molar-refractivity contribution in [3.8, 4) is 56.4 Å². The molecule has 7 aromatic carbocycles. The first-order valence-electron chi connectivity index (χ1n) is 16.1. The molecule has 0 aliphatic carbocycles. The molecule has 0 saturated carbocycles. The number of aromatic nitrogens is 3. The number of halogens is 1. The maximum Gasteiger partial charge on any atom is 0.172 e. The second-order valence-corrected chi connectivity index (χ2v) is 14.8. The Bertz CT molecular complexity index is 2590. The lowest BCUT2D eigenvalue weighted by atomic mass is 9.93. The Labute approximate surface area is 283 Å². The van der Waals surface area contributed by atoms with Gasteiger partial charge in [-0.25, -0.2) is 19.3 Å². The van der Waals surface area contributed by atoms with Crippen LogP contribution in [0.1, 0.15) is 0 Å². The molecule has 0 saturated heterocycles. The molecule has 2 heterocycles. The van der Waals surface area contributed by atoms with Crippen LogP contribution in [0.5, 0.6) is 0 Å². The van der Waals surface area contributed by atoms with E-state index in [1.165, 1.54) is 12.1 Å². The van der Waals surface area contributed by atoms with Crippen molar-refractivity contribution >= 4 is 33.8 Å². The van der Waals surface area contributed by atoms with Gasteiger partial charge in [0.15, 0.2) is 24.6 Å². The average Bonchev–Trinajstić information content (AvgIpc) is 3.43. The second kappa shape index (κ2) is 11.6. The van der Waals surface area contributed by atoms with Crippen LogP contribution in [0, 0.1) is 5.82 Å². The summed E-state index contributed by atoms with van der Waals surface area (Å²) in [6.45, 7) is 0. The van der Waals surface area contributed by atoms with Crippen LogP contribution < -0.4 is 15.9 Å². The smallest absolute Gasteiger partial charge is 0.172 e. The molecule has 0 radical (unpaired) electrons. The van der Waals surface area contributed by atoms with Gasteiger partial charge >= 0.3 is 0 Å². The Balaban J connectivity index is 1.22. The number of nitrogens with zero attached hydrogens (tertiary/aromatic N) is 3. The fraction of sp³-hybridized carbons (Fsp3) is 0. The Morgan fingerprint density at radius 2 is 0.918 bits per heavy atom. The number of hydrogen-bond acceptors (Lipinski definition) is 4. The minimum absolute atomic E-state index is 0.321. The SMILES string of the molecule is O=P1(c2ccccc2)c2ccccc2-c2ccc(-c3ccc(-c4nc(-c5ccccc5)nc(-c5ccc(F)cc5)n4)c4ccccc34)cc21. The molecule has 6 heteroatoms. The molecule has 0 spiro atoms. The molecule has 49 heavy (non-hydrogen) atoms. The standard InChI is InChI=1S/C43H27FN3OP/c44-31-22-19-29(20-23-31)42-45-41(28-11-3-1-4-12-28)46-43(47-42)38-26-25-33(34-15-7-8-16-35(34)38)30-21-24-37-36-17-9-10-18-39(36)49(48,40(37)27-30)32-13-5-2-6-14-32/h1-27H. The first-order chi connectivity index (χ1) is 24.1. The summed E-state index contributed by atoms with van der Waals surface area (Å²) < 4.78 is 29.1. The van der Waals surface area contributed by atoms with Gasteiger partial charge in [0, 0.05) is 32.6 Å². The highest BCUT2D eigenvalue weighted by Gasteiger charge is 2.40. The van der Waals surface area contributed by atoms with Crippen molar-refractivity contribution in [2.24, 2.45) is 0 Å². The molecule has 1 aliphatic heterocycles. The molecule has 1 aromatic heterocycles. The lowest BCUT2D eigenvalue weighted by Crippen LogP contribution is -2.20. The van der Waals surface area contributed by atoms with E-state index in [9.17, 15) is 4.39 Å². The highest BCUT2D eigenvalue weighted by atomic mass is 31.2. The monoisotopic (exact) mass is 651 g/mol. The van der Waals surface area contributed by atoms with E-state index >= 15 is 4.57 Å². The largest absolute Gasteiger partial charge is 0.309 e. The summed E-state index contributed by atoms with van der Waals surface area (Å²) in [5.41, 5.74) is 6.46. The van der Waals surface area contributed by atoms with Crippen molar-refractivity contribution in [2.75, 3.05) is 0 Å². The zero-order valence-corrected chi connectivity index (χ0v) is 27.1. The summed E-state index contributed by atoms with van der Waals surface area (Å²) in [6, 6.07) is 52.6. The van der Waals surface area contributed by atoms with E-state index in [-0.39, 0.29) is 5.82 Å². The molecule has 8 aromatic rings. The highest BCUT2D eigenvalue weighted by molar-refractivity contribution is 7.86. The molecular weight excluding hydrogens is 624 g/mol. The second-order valence-electron chi connectivity index (χ2n) is 12.1. The number of rotatable bonds is 5. The molecule has 1 atom stereocenters. The van der Waals surface area contributed by atoms with Crippen LogP contribution in [-0.4, -0.2) is 15.0 Å². The molecule has 9 rings (SSSR count). The van der Waals surface area contributed by atoms with Crippen molar-refractivity contribution in [3.05, 3.63) is 170 Å². The molecule has 0 fully saturated rings. The molecule has 232 valence electrons. The van der Waals surface area contributed by atoms with Crippen molar-refractivity contribution in [3.63, 3.8) is 0 Å². The predicted molar refractivity (Wildman–Crippen MR) is 197 cm³/mol. The van der Waals surface area contributed by atoms with E-state index < -0.39 is 7.14 Å². The summed E-state index contributed by atoms with van der Waals surface area (Å²) in [5, 5.41) is 4.58. The van der Waals surface area contributed by atoms with Crippen LogP contribution in [0.25, 0.3) is 67.2 Å². The third-order valence-corrected chi connectivity index (χ3v) is 12.4. The molecule has 0 N–H and O–H groups in total. The van der Waals surface area contributed by atoms with Crippen LogP contribution in [0.3, 0.4) is 0 Å². The molecule has 1 unspecified atom stereocenters. The summed E-state index contributed by atoms with van der Waals surface area (Å²) in [7, 11) is -3.09. The highest BCUT2D eigenvalue weighted by Crippen LogP contribution is 2.53. The maximum absolute atomic E-state index is 15.2. The van der Waals surface area contributed by atoms with Gasteiger partial charge in [-0.1, -0.05) is 127 Å². The molecular formula is C43H27FN3OP. The van der Waals surface area contributed by atoms with Crippen LogP contribution in [0.4, 0.5) is 4.39 Å². The maximum atomic E-state index is 15.2. The molecule has 1 aliphatic rings. The van der Waals surface area contributed by atoms with Crippen molar-refractivity contribution in [2.45, 2.75) is 0 Å². The van der Waals surface area contributed by atoms with Crippen molar-refractivity contribution in [1.29, 1.82) is 0 Å². The zero-order valence-electron chi connectivity index (χ0n) is 26.2. The molecule has 4 nitrogen and oxygen atoms in total. The third-order valence-electron chi connectivity index (χ3n) is 9.24. The predicted octanol–water partition coefficient (Wildman–Crippen LogP) is 9.45. The number of hydrogen-bond donors (Lipinski definition) is 0. The third kappa shape index (κ3) is 4.82. The fourth-order valence-electron chi connectivity index (χ4n) is 6.90. The van der Waals surface area contributed by atoms with Crippen LogP contribution in [0.2, 0.25) is 0 Å². The van der Waals surface area contributed by atoms with E-state index in [1.807, 2.05) is 91.0 Å². The van der Waals surface area contributed by atoms with Crippen molar-refractivity contribution in [1.82, 2.24) is 15.0 Å². The van der Waals surface area contributed by atoms with Gasteiger partial charge in [-0.15, -0.1) is 0 Å². The van der Waals surface area contributed by atoms with E-state index in [1.54, 1.807) is 12.1 Å². The van der Waals surface area contributed by atoms with Crippen LogP contribution in [0.15, 0.2) is 164 Å². The van der Waals surface area contributed by atoms with E-state index in [4.69, 9.17) is 15.0 Å². The van der Waals surface area contributed by atoms with Gasteiger partial charge in [-0.05, 0) is 69.4 Å². The number of fused-ring (bicyclic) bond motifs is 4. The summed E-state index contributed by atoms with van der Waals surface area (Å²) in [5.74, 6) is 1.20.